The van der Waals surface area contributed by atoms with Crippen molar-refractivity contribution < 1.29 is 80.5 Å². The van der Waals surface area contributed by atoms with Gasteiger partial charge in [-0.2, -0.15) is 0 Å². The maximum atomic E-state index is 9.49. The van der Waals surface area contributed by atoms with Crippen LogP contribution in [0.15, 0.2) is 72.9 Å². The molecule has 204 valence electrons. The van der Waals surface area contributed by atoms with E-state index in [1.165, 1.54) is 41.5 Å². The molecule has 13 heteroatoms. The van der Waals surface area contributed by atoms with Crippen LogP contribution in [0.4, 0.5) is 0 Å². The molecule has 0 spiro atoms. The minimum absolute atomic E-state index is 0. The largest absolute Gasteiger partial charge is 6.00 e. The zero-order valence-corrected chi connectivity index (χ0v) is 23.6. The van der Waals surface area contributed by atoms with Gasteiger partial charge in [-0.25, -0.2) is 0 Å². The standard InChI is InChI=1S/6C4H6O2.Mo/c6*1-3(2)4(5)6;/h6*1H2,2H3,(H,5,6);/q;;;;;;+6/p-6. The van der Waals surface area contributed by atoms with Crippen LogP contribution in [0.1, 0.15) is 41.5 Å². The van der Waals surface area contributed by atoms with Gasteiger partial charge in [0.25, 0.3) is 0 Å². The third-order valence-corrected chi connectivity index (χ3v) is 2.09. The van der Waals surface area contributed by atoms with Crippen molar-refractivity contribution in [2.75, 3.05) is 0 Å². The van der Waals surface area contributed by atoms with Gasteiger partial charge >= 0.3 is 21.1 Å². The molecule has 0 aromatic heterocycles. The number of aliphatic carboxylic acids is 6. The molecule has 0 heterocycles. The second-order valence-corrected chi connectivity index (χ2v) is 6.41. The Labute approximate surface area is 230 Å². The molecule has 0 N–H and O–H groups in total. The first-order valence-electron chi connectivity index (χ1n) is 9.07. The van der Waals surface area contributed by atoms with Crippen molar-refractivity contribution in [2.24, 2.45) is 0 Å². The van der Waals surface area contributed by atoms with Gasteiger partial charge in [-0.3, -0.25) is 0 Å². The van der Waals surface area contributed by atoms with Crippen molar-refractivity contribution in [3.63, 3.8) is 0 Å². The first kappa shape index (κ1) is 49.9. The van der Waals surface area contributed by atoms with Crippen LogP contribution in [0.3, 0.4) is 0 Å². The van der Waals surface area contributed by atoms with Crippen LogP contribution in [0, 0.1) is 0 Å². The Kier molecular flexibility index (Phi) is 40.5. The first-order valence-corrected chi connectivity index (χ1v) is 9.07. The summed E-state index contributed by atoms with van der Waals surface area (Å²) < 4.78 is 0. The summed E-state index contributed by atoms with van der Waals surface area (Å²) in [5, 5.41) is 56.9. The van der Waals surface area contributed by atoms with Crippen LogP contribution in [0.25, 0.3) is 0 Å². The number of carboxylic acids is 6. The molecule has 0 bridgehead atoms. The monoisotopic (exact) mass is 608 g/mol. The summed E-state index contributed by atoms with van der Waals surface area (Å²) >= 11 is 0. The van der Waals surface area contributed by atoms with Crippen molar-refractivity contribution in [3.8, 4) is 0 Å². The Balaban J connectivity index is -0.0000000581. The normalized spacial score (nSPS) is 7.30. The van der Waals surface area contributed by atoms with E-state index < -0.39 is 35.8 Å². The van der Waals surface area contributed by atoms with E-state index in [0.29, 0.717) is 0 Å². The van der Waals surface area contributed by atoms with E-state index in [9.17, 15) is 59.4 Å². The second-order valence-electron chi connectivity index (χ2n) is 6.41. The molecule has 0 aliphatic heterocycles. The Hall–Kier alpha value is -4.05. The fraction of sp³-hybridized carbons (Fsp3) is 0.250. The van der Waals surface area contributed by atoms with Crippen LogP contribution in [0.5, 0.6) is 0 Å². The molecule has 0 radical (unpaired) electrons. The molecule has 0 amide bonds. The van der Waals surface area contributed by atoms with Crippen molar-refractivity contribution in [3.05, 3.63) is 72.9 Å². The second kappa shape index (κ2) is 30.0. The molecule has 0 fully saturated rings. The third kappa shape index (κ3) is 72.0. The summed E-state index contributed by atoms with van der Waals surface area (Å²) in [4.78, 5) is 56.9. The number of rotatable bonds is 6. The summed E-state index contributed by atoms with van der Waals surface area (Å²) in [5.74, 6) is -7.11. The number of carboxylic acid groups (broad SMARTS) is 6. The molecule has 0 unspecified atom stereocenters. The van der Waals surface area contributed by atoms with E-state index in [2.05, 4.69) is 39.5 Å². The van der Waals surface area contributed by atoms with Gasteiger partial charge in [0.05, 0.1) is 35.8 Å². The maximum absolute atomic E-state index is 9.49. The SMILES string of the molecule is C=C(C)C(=O)[O-].C=C(C)C(=O)[O-].C=C(C)C(=O)[O-].C=C(C)C(=O)[O-].C=C(C)C(=O)[O-].C=C(C)C(=O)[O-].[Mo+6]. The minimum atomic E-state index is -1.19. The molecule has 0 aromatic rings. The molecule has 0 saturated heterocycles. The van der Waals surface area contributed by atoms with E-state index in [0.717, 1.165) is 0 Å². The molecule has 12 nitrogen and oxygen atoms in total. The molecule has 0 atom stereocenters. The Morgan fingerprint density at radius 3 is 0.351 bits per heavy atom. The Bertz CT molecular complexity index is 622. The molecular weight excluding hydrogens is 576 g/mol. The van der Waals surface area contributed by atoms with Crippen LogP contribution in [-0.4, -0.2) is 35.8 Å². The van der Waals surface area contributed by atoms with Crippen LogP contribution in [-0.2, 0) is 49.8 Å². The molecule has 0 aliphatic rings. The predicted octanol–water partition coefficient (Wildman–Crippen LogP) is -4.13. The van der Waals surface area contributed by atoms with Crippen molar-refractivity contribution in [2.45, 2.75) is 41.5 Å². The number of hydrogen-bond acceptors (Lipinski definition) is 12. The van der Waals surface area contributed by atoms with Crippen molar-refractivity contribution >= 4 is 35.8 Å². The predicted molar refractivity (Wildman–Crippen MR) is 119 cm³/mol. The van der Waals surface area contributed by atoms with E-state index in [4.69, 9.17) is 0 Å². The molecule has 37 heavy (non-hydrogen) atoms. The topological polar surface area (TPSA) is 241 Å². The van der Waals surface area contributed by atoms with Gasteiger partial charge in [-0.15, -0.1) is 0 Å². The van der Waals surface area contributed by atoms with Crippen LogP contribution in [0.2, 0.25) is 0 Å². The molecule has 0 rings (SSSR count). The van der Waals surface area contributed by atoms with E-state index in [1.807, 2.05) is 0 Å². The summed E-state index contributed by atoms with van der Waals surface area (Å²) in [6.07, 6.45) is 0. The molecule has 0 aliphatic carbocycles. The van der Waals surface area contributed by atoms with Crippen LogP contribution >= 0.6 is 0 Å². The molecule has 0 saturated carbocycles. The average molecular weight is 606 g/mol. The Morgan fingerprint density at radius 2 is 0.351 bits per heavy atom. The average Bonchev–Trinajstić information content (AvgIpc) is 2.69. The smallest absolute Gasteiger partial charge is 0.545 e. The van der Waals surface area contributed by atoms with Gasteiger partial charge in [0.2, 0.25) is 0 Å². The van der Waals surface area contributed by atoms with E-state index in [-0.39, 0.29) is 54.5 Å². The summed E-state index contributed by atoms with van der Waals surface area (Å²) in [6, 6.07) is 0. The van der Waals surface area contributed by atoms with Gasteiger partial charge in [-0.05, 0) is 75.0 Å². The number of hydrogen-bond donors (Lipinski definition) is 0. The zero-order valence-electron chi connectivity index (χ0n) is 21.5. The van der Waals surface area contributed by atoms with Crippen molar-refractivity contribution in [1.29, 1.82) is 0 Å². The summed E-state index contributed by atoms with van der Waals surface area (Å²) in [5.41, 5.74) is 0.389. The summed E-state index contributed by atoms with van der Waals surface area (Å²) in [6.45, 7) is 26.9. The molecule has 0 aromatic carbocycles. The fourth-order valence-corrected chi connectivity index (χ4v) is 0. The maximum Gasteiger partial charge on any atom is 6.00 e. The quantitative estimate of drug-likeness (QED) is 0.207. The zero-order chi connectivity index (χ0) is 30.9. The van der Waals surface area contributed by atoms with Gasteiger partial charge < -0.3 is 59.4 Å². The molecular formula is C24H30MoO12. The van der Waals surface area contributed by atoms with Crippen molar-refractivity contribution in [1.82, 2.24) is 0 Å². The van der Waals surface area contributed by atoms with Gasteiger partial charge in [0.1, 0.15) is 0 Å². The fourth-order valence-electron chi connectivity index (χ4n) is 0. The van der Waals surface area contributed by atoms with Crippen LogP contribution < -0.4 is 30.6 Å². The van der Waals surface area contributed by atoms with Gasteiger partial charge in [-0.1, -0.05) is 39.5 Å². The van der Waals surface area contributed by atoms with E-state index in [1.54, 1.807) is 0 Å². The minimum Gasteiger partial charge on any atom is -0.545 e. The van der Waals surface area contributed by atoms with Gasteiger partial charge in [0, 0.05) is 0 Å². The Morgan fingerprint density at radius 1 is 0.324 bits per heavy atom. The van der Waals surface area contributed by atoms with E-state index >= 15 is 0 Å². The number of carbonyl (C=O) groups excluding carboxylic acids is 6. The third-order valence-electron chi connectivity index (χ3n) is 2.09. The first-order chi connectivity index (χ1) is 15.9. The van der Waals surface area contributed by atoms with Gasteiger partial charge in [0.15, 0.2) is 0 Å². The summed E-state index contributed by atoms with van der Waals surface area (Å²) in [7, 11) is 0. The number of carbonyl (C=O) groups is 6.